The van der Waals surface area contributed by atoms with Gasteiger partial charge in [0.15, 0.2) is 0 Å². The molecule has 18 aromatic rings. The lowest BCUT2D eigenvalue weighted by Crippen LogP contribution is -2.29. The van der Waals surface area contributed by atoms with Gasteiger partial charge < -0.3 is 19.3 Å². The Balaban J connectivity index is 0.000000163. The first-order chi connectivity index (χ1) is 61.0. The Morgan fingerprint density at radius 3 is 0.782 bits per heavy atom. The van der Waals surface area contributed by atoms with Crippen molar-refractivity contribution in [3.05, 3.63) is 516 Å². The summed E-state index contributed by atoms with van der Waals surface area (Å²) >= 11 is 0. The van der Waals surface area contributed by atoms with E-state index in [1.807, 2.05) is 0 Å². The van der Waals surface area contributed by atoms with Crippen LogP contribution in [-0.2, 0) is 10.8 Å². The first-order valence-corrected chi connectivity index (χ1v) is 43.6. The van der Waals surface area contributed by atoms with Gasteiger partial charge in [-0.15, -0.1) is 0 Å². The Bertz CT molecular complexity index is 6540. The Hall–Kier alpha value is -14.8. The normalized spacial score (nSPS) is 14.4. The molecule has 0 radical (unpaired) electrons. The van der Waals surface area contributed by atoms with Gasteiger partial charge in [-0.2, -0.15) is 0 Å². The SMILES string of the molecule is CCC(C)c1ccc(Oc2ccc(C3(c4cc(C)cc(C)c4)c4ccccc4-c4ccc(N(c5ccc(-c6ccccc6)cc5)c5ccc(-c6ccccc6)cc5)cc43)cc2)cc1.CCC(C)c1ccc(Oc2ccc(C3(c4ccccc4)c4ccccc4-c4ccc(N(c5ccc(-c6ccccc6)cc5)c5ccc(-c6ccccc6)cc5)cc43)cc2)cc1. The fourth-order valence-electron chi connectivity index (χ4n) is 18.9. The van der Waals surface area contributed by atoms with Crippen LogP contribution in [0.1, 0.15) is 119 Å². The van der Waals surface area contributed by atoms with Crippen LogP contribution in [0, 0.1) is 13.8 Å². The van der Waals surface area contributed by atoms with Crippen molar-refractivity contribution in [2.24, 2.45) is 0 Å². The summed E-state index contributed by atoms with van der Waals surface area (Å²) < 4.78 is 13.0. The summed E-state index contributed by atoms with van der Waals surface area (Å²) in [6.45, 7) is 13.4. The van der Waals surface area contributed by atoms with Crippen molar-refractivity contribution in [3.63, 3.8) is 0 Å². The van der Waals surface area contributed by atoms with E-state index < -0.39 is 10.8 Å². The molecular formula is C120H98N2O2. The molecule has 0 bridgehead atoms. The van der Waals surface area contributed by atoms with Gasteiger partial charge in [0.2, 0.25) is 0 Å². The molecule has 2 aliphatic rings. The van der Waals surface area contributed by atoms with Crippen molar-refractivity contribution in [1.29, 1.82) is 0 Å². The Labute approximate surface area is 731 Å². The smallest absolute Gasteiger partial charge is 0.127 e. The Morgan fingerprint density at radius 2 is 0.468 bits per heavy atom. The average Bonchev–Trinajstić information content (AvgIpc) is 1.54. The second-order valence-electron chi connectivity index (χ2n) is 33.1. The highest BCUT2D eigenvalue weighted by molar-refractivity contribution is 5.93. The van der Waals surface area contributed by atoms with Gasteiger partial charge >= 0.3 is 0 Å². The molecule has 0 saturated carbocycles. The Kier molecular flexibility index (Phi) is 22.1. The largest absolute Gasteiger partial charge is 0.457 e. The maximum atomic E-state index is 6.50. The van der Waals surface area contributed by atoms with E-state index in [0.717, 1.165) is 70.0 Å². The zero-order chi connectivity index (χ0) is 84.1. The summed E-state index contributed by atoms with van der Waals surface area (Å²) in [7, 11) is 0. The van der Waals surface area contributed by atoms with Crippen LogP contribution >= 0.6 is 0 Å². The Morgan fingerprint density at radius 1 is 0.218 bits per heavy atom. The van der Waals surface area contributed by atoms with E-state index in [9.17, 15) is 0 Å². The van der Waals surface area contributed by atoms with Crippen LogP contribution < -0.4 is 19.3 Å². The molecule has 0 N–H and O–H groups in total. The lowest BCUT2D eigenvalue weighted by Gasteiger charge is -2.35. The molecule has 4 atom stereocenters. The van der Waals surface area contributed by atoms with Gasteiger partial charge in [-0.25, -0.2) is 0 Å². The van der Waals surface area contributed by atoms with Gasteiger partial charge in [0.25, 0.3) is 0 Å². The molecule has 2 aliphatic carbocycles. The lowest BCUT2D eigenvalue weighted by atomic mass is 9.67. The molecule has 20 rings (SSSR count). The molecule has 0 aromatic heterocycles. The first-order valence-electron chi connectivity index (χ1n) is 43.6. The highest BCUT2D eigenvalue weighted by Crippen LogP contribution is 2.60. The van der Waals surface area contributed by atoms with E-state index >= 15 is 0 Å². The van der Waals surface area contributed by atoms with Crippen LogP contribution in [0.5, 0.6) is 23.0 Å². The molecule has 0 fully saturated rings. The third kappa shape index (κ3) is 15.3. The minimum atomic E-state index is -0.602. The van der Waals surface area contributed by atoms with E-state index in [4.69, 9.17) is 9.47 Å². The maximum absolute atomic E-state index is 6.50. The topological polar surface area (TPSA) is 24.9 Å². The summed E-state index contributed by atoms with van der Waals surface area (Å²) in [5.41, 5.74) is 35.0. The zero-order valence-corrected chi connectivity index (χ0v) is 71.0. The number of benzene rings is 18. The average molecular weight is 1600 g/mol. The van der Waals surface area contributed by atoms with Gasteiger partial charge in [-0.3, -0.25) is 0 Å². The van der Waals surface area contributed by atoms with Crippen molar-refractivity contribution in [3.8, 4) is 89.8 Å². The standard InChI is InChI=1S/C61H51NO.C59H47NO/c1-5-44(4)45-24-33-55(34-25-45)63-56-35-26-50(27-36-56)61(51-39-42(2)38-43(3)40-51)59-19-13-12-18-57(59)58-37-32-54(41-60(58)61)62(52-28-20-48(21-29-52)46-14-8-6-9-15-46)53-30-22-49(23-31-53)47-16-10-7-11-17-47;1-3-42(2)43-27-36-53(37-28-43)61-54-38-29-49(30-39-54)59(48-19-11-6-12-20-48)57-22-14-13-21-55(57)56-40-35-52(41-58(56)59)60(50-31-23-46(24-32-50)44-15-7-4-8-16-44)51-33-25-47(26-34-51)45-17-9-5-10-18-45/h6-41,44H,5H2,1-4H3;4-42H,3H2,1-2H3. The molecule has 0 saturated heterocycles. The monoisotopic (exact) mass is 1600 g/mol. The number of hydrogen-bond acceptors (Lipinski definition) is 4. The zero-order valence-electron chi connectivity index (χ0n) is 71.0. The van der Waals surface area contributed by atoms with Crippen molar-refractivity contribution in [1.82, 2.24) is 0 Å². The second kappa shape index (κ2) is 34.7. The van der Waals surface area contributed by atoms with E-state index in [1.54, 1.807) is 0 Å². The second-order valence-corrected chi connectivity index (χ2v) is 33.1. The van der Waals surface area contributed by atoms with Crippen molar-refractivity contribution in [2.45, 2.75) is 77.0 Å². The van der Waals surface area contributed by atoms with Crippen LogP contribution in [0.4, 0.5) is 34.1 Å². The van der Waals surface area contributed by atoms with E-state index in [0.29, 0.717) is 11.8 Å². The van der Waals surface area contributed by atoms with Gasteiger partial charge in [0, 0.05) is 34.1 Å². The summed E-state index contributed by atoms with van der Waals surface area (Å²) in [6.07, 6.45) is 2.22. The minimum Gasteiger partial charge on any atom is -0.457 e. The molecule has 124 heavy (non-hydrogen) atoms. The van der Waals surface area contributed by atoms with E-state index in [-0.39, 0.29) is 0 Å². The number of aryl methyl sites for hydroxylation is 2. The first kappa shape index (κ1) is 79.0. The van der Waals surface area contributed by atoms with E-state index in [2.05, 4.69) is 500 Å². The molecule has 0 heterocycles. The fourth-order valence-corrected chi connectivity index (χ4v) is 18.9. The summed E-state index contributed by atoms with van der Waals surface area (Å²) in [6, 6.07) is 163. The van der Waals surface area contributed by atoms with Gasteiger partial charge in [0.05, 0.1) is 10.8 Å². The predicted molar refractivity (Wildman–Crippen MR) is 519 cm³/mol. The maximum Gasteiger partial charge on any atom is 0.127 e. The molecule has 4 heteroatoms. The number of anilines is 6. The van der Waals surface area contributed by atoms with E-state index in [1.165, 1.54) is 134 Å². The quantitative estimate of drug-likeness (QED) is 0.0675. The number of fused-ring (bicyclic) bond motifs is 6. The number of ether oxygens (including phenoxy) is 2. The minimum absolute atomic E-state index is 0.518. The highest BCUT2D eigenvalue weighted by Gasteiger charge is 2.48. The van der Waals surface area contributed by atoms with Crippen LogP contribution in [0.15, 0.2) is 449 Å². The molecule has 18 aromatic carbocycles. The molecule has 0 amide bonds. The van der Waals surface area contributed by atoms with Crippen LogP contribution in [0.2, 0.25) is 0 Å². The van der Waals surface area contributed by atoms with Crippen molar-refractivity contribution >= 4 is 34.1 Å². The van der Waals surface area contributed by atoms with Crippen LogP contribution in [0.25, 0.3) is 66.8 Å². The van der Waals surface area contributed by atoms with Gasteiger partial charge in [0.1, 0.15) is 23.0 Å². The number of nitrogens with zero attached hydrogens (tertiary/aromatic N) is 2. The van der Waals surface area contributed by atoms with Crippen molar-refractivity contribution in [2.75, 3.05) is 9.80 Å². The fraction of sp³-hybridized carbons (Fsp3) is 0.100. The highest BCUT2D eigenvalue weighted by atomic mass is 16.5. The van der Waals surface area contributed by atoms with Crippen LogP contribution in [0.3, 0.4) is 0 Å². The third-order valence-corrected chi connectivity index (χ3v) is 25.5. The summed E-state index contributed by atoms with van der Waals surface area (Å²) in [5, 5.41) is 0. The molecule has 4 nitrogen and oxygen atoms in total. The number of hydrogen-bond donors (Lipinski definition) is 0. The van der Waals surface area contributed by atoms with Crippen molar-refractivity contribution < 1.29 is 9.47 Å². The van der Waals surface area contributed by atoms with Crippen LogP contribution in [-0.4, -0.2) is 0 Å². The molecule has 600 valence electrons. The van der Waals surface area contributed by atoms with Gasteiger partial charge in [-0.1, -0.05) is 366 Å². The molecule has 0 aliphatic heterocycles. The summed E-state index contributed by atoms with van der Waals surface area (Å²) in [5.74, 6) is 4.35. The summed E-state index contributed by atoms with van der Waals surface area (Å²) in [4.78, 5) is 4.80. The predicted octanol–water partition coefficient (Wildman–Crippen LogP) is 32.9. The lowest BCUT2D eigenvalue weighted by molar-refractivity contribution is 0.481. The third-order valence-electron chi connectivity index (χ3n) is 25.5. The molecular weight excluding hydrogens is 1500 g/mol. The number of rotatable bonds is 22. The molecule has 4 unspecified atom stereocenters. The van der Waals surface area contributed by atoms with Gasteiger partial charge in [-0.05, 0) is 282 Å². The molecule has 0 spiro atoms.